The van der Waals surface area contributed by atoms with Gasteiger partial charge in [-0.3, -0.25) is 0 Å². The first-order chi connectivity index (χ1) is 11.2. The fraction of sp³-hybridized carbons (Fsp3) is 0.333. The molecule has 1 fully saturated rings. The quantitative estimate of drug-likeness (QED) is 0.707. The molecule has 1 saturated carbocycles. The molecule has 1 heterocycles. The molecule has 0 spiro atoms. The summed E-state index contributed by atoms with van der Waals surface area (Å²) in [6, 6.07) is 14.0. The molecule has 4 rings (SSSR count). The SMILES string of the molecule is CC(Oc1ccc2ccccc2c1)c1nnc(C2CC(F)C2)o1. The van der Waals surface area contributed by atoms with Gasteiger partial charge in [0.15, 0.2) is 6.10 Å². The fourth-order valence-corrected chi connectivity index (χ4v) is 2.82. The highest BCUT2D eigenvalue weighted by Crippen LogP contribution is 2.38. The van der Waals surface area contributed by atoms with E-state index in [2.05, 4.69) is 16.3 Å². The third-order valence-corrected chi connectivity index (χ3v) is 4.27. The maximum absolute atomic E-state index is 12.9. The zero-order chi connectivity index (χ0) is 15.8. The summed E-state index contributed by atoms with van der Waals surface area (Å²) in [7, 11) is 0. The third-order valence-electron chi connectivity index (χ3n) is 4.27. The lowest BCUT2D eigenvalue weighted by atomic mass is 9.83. The van der Waals surface area contributed by atoms with Crippen molar-refractivity contribution in [2.24, 2.45) is 0 Å². The number of ether oxygens (including phenoxy) is 1. The normalized spacial score (nSPS) is 21.8. The number of hydrogen-bond donors (Lipinski definition) is 0. The highest BCUT2D eigenvalue weighted by Gasteiger charge is 2.34. The Hall–Kier alpha value is -2.43. The molecule has 23 heavy (non-hydrogen) atoms. The summed E-state index contributed by atoms with van der Waals surface area (Å²) in [5, 5.41) is 10.3. The highest BCUT2D eigenvalue weighted by molar-refractivity contribution is 5.83. The molecular weight excluding hydrogens is 295 g/mol. The molecule has 0 amide bonds. The summed E-state index contributed by atoms with van der Waals surface area (Å²) in [6.07, 6.45) is -0.136. The Kier molecular flexibility index (Phi) is 3.48. The van der Waals surface area contributed by atoms with Crippen LogP contribution >= 0.6 is 0 Å². The Labute approximate surface area is 133 Å². The van der Waals surface area contributed by atoms with Gasteiger partial charge in [0.25, 0.3) is 5.89 Å². The average molecular weight is 312 g/mol. The molecule has 1 aliphatic carbocycles. The maximum Gasteiger partial charge on any atom is 0.256 e. The molecule has 1 unspecified atom stereocenters. The van der Waals surface area contributed by atoms with Crippen LogP contribution in [-0.4, -0.2) is 16.4 Å². The van der Waals surface area contributed by atoms with Crippen LogP contribution in [0.25, 0.3) is 10.8 Å². The number of aromatic nitrogens is 2. The highest BCUT2D eigenvalue weighted by atomic mass is 19.1. The predicted molar refractivity (Wildman–Crippen MR) is 84.2 cm³/mol. The fourth-order valence-electron chi connectivity index (χ4n) is 2.82. The van der Waals surface area contributed by atoms with Crippen LogP contribution in [0, 0.1) is 0 Å². The van der Waals surface area contributed by atoms with Crippen molar-refractivity contribution >= 4 is 10.8 Å². The lowest BCUT2D eigenvalue weighted by molar-refractivity contribution is 0.148. The van der Waals surface area contributed by atoms with Gasteiger partial charge < -0.3 is 9.15 Å². The molecule has 118 valence electrons. The van der Waals surface area contributed by atoms with Crippen molar-refractivity contribution in [2.45, 2.75) is 38.0 Å². The van der Waals surface area contributed by atoms with Crippen LogP contribution in [-0.2, 0) is 0 Å². The second-order valence-corrected chi connectivity index (χ2v) is 6.01. The van der Waals surface area contributed by atoms with E-state index in [1.54, 1.807) is 0 Å². The molecule has 0 saturated heterocycles. The summed E-state index contributed by atoms with van der Waals surface area (Å²) >= 11 is 0. The van der Waals surface area contributed by atoms with Gasteiger partial charge in [-0.15, -0.1) is 10.2 Å². The molecule has 4 nitrogen and oxygen atoms in total. The Morgan fingerprint density at radius 3 is 2.70 bits per heavy atom. The van der Waals surface area contributed by atoms with Crippen LogP contribution in [0.4, 0.5) is 4.39 Å². The van der Waals surface area contributed by atoms with E-state index < -0.39 is 6.17 Å². The molecule has 1 aromatic heterocycles. The molecule has 3 aromatic rings. The van der Waals surface area contributed by atoms with Gasteiger partial charge in [-0.25, -0.2) is 4.39 Å². The van der Waals surface area contributed by atoms with Crippen LogP contribution in [0.3, 0.4) is 0 Å². The van der Waals surface area contributed by atoms with Gasteiger partial charge in [-0.2, -0.15) is 0 Å². The zero-order valence-corrected chi connectivity index (χ0v) is 12.8. The van der Waals surface area contributed by atoms with Crippen molar-refractivity contribution in [3.05, 3.63) is 54.2 Å². The summed E-state index contributed by atoms with van der Waals surface area (Å²) in [4.78, 5) is 0. The van der Waals surface area contributed by atoms with Gasteiger partial charge >= 0.3 is 0 Å². The second-order valence-electron chi connectivity index (χ2n) is 6.01. The van der Waals surface area contributed by atoms with Crippen molar-refractivity contribution in [3.63, 3.8) is 0 Å². The summed E-state index contributed by atoms with van der Waals surface area (Å²) in [5.41, 5.74) is 0. The lowest BCUT2D eigenvalue weighted by Gasteiger charge is -2.25. The van der Waals surface area contributed by atoms with E-state index in [0.717, 1.165) is 11.1 Å². The van der Waals surface area contributed by atoms with Gasteiger partial charge in [-0.1, -0.05) is 30.3 Å². The van der Waals surface area contributed by atoms with Crippen molar-refractivity contribution in [1.82, 2.24) is 10.2 Å². The molecule has 0 N–H and O–H groups in total. The monoisotopic (exact) mass is 312 g/mol. The summed E-state index contributed by atoms with van der Waals surface area (Å²) in [6.45, 7) is 1.87. The molecule has 0 radical (unpaired) electrons. The van der Waals surface area contributed by atoms with E-state index in [1.165, 1.54) is 5.39 Å². The largest absolute Gasteiger partial charge is 0.481 e. The van der Waals surface area contributed by atoms with Crippen LogP contribution < -0.4 is 4.74 Å². The minimum absolute atomic E-state index is 0.0547. The van der Waals surface area contributed by atoms with Crippen LogP contribution in [0.15, 0.2) is 46.9 Å². The number of halogens is 1. The Balaban J connectivity index is 1.49. The van der Waals surface area contributed by atoms with Crippen molar-refractivity contribution < 1.29 is 13.5 Å². The van der Waals surface area contributed by atoms with Gasteiger partial charge in [0.1, 0.15) is 11.9 Å². The van der Waals surface area contributed by atoms with E-state index in [0.29, 0.717) is 24.6 Å². The number of fused-ring (bicyclic) bond motifs is 1. The zero-order valence-electron chi connectivity index (χ0n) is 12.8. The first-order valence-corrected chi connectivity index (χ1v) is 7.82. The Morgan fingerprint density at radius 1 is 1.13 bits per heavy atom. The molecule has 2 aromatic carbocycles. The van der Waals surface area contributed by atoms with E-state index >= 15 is 0 Å². The van der Waals surface area contributed by atoms with Crippen molar-refractivity contribution in [2.75, 3.05) is 0 Å². The summed E-state index contributed by atoms with van der Waals surface area (Å²) in [5.74, 6) is 1.75. The first kappa shape index (κ1) is 14.2. The molecule has 0 bridgehead atoms. The number of nitrogens with zero attached hydrogens (tertiary/aromatic N) is 2. The molecule has 1 aliphatic rings. The average Bonchev–Trinajstić information content (AvgIpc) is 3.01. The first-order valence-electron chi connectivity index (χ1n) is 7.82. The van der Waals surface area contributed by atoms with E-state index in [9.17, 15) is 4.39 Å². The van der Waals surface area contributed by atoms with Crippen LogP contribution in [0.5, 0.6) is 5.75 Å². The molecular formula is C18H17FN2O2. The third kappa shape index (κ3) is 2.79. The number of hydrogen-bond acceptors (Lipinski definition) is 4. The minimum Gasteiger partial charge on any atom is -0.481 e. The molecule has 0 aliphatic heterocycles. The number of benzene rings is 2. The van der Waals surface area contributed by atoms with Gasteiger partial charge in [0.2, 0.25) is 5.89 Å². The summed E-state index contributed by atoms with van der Waals surface area (Å²) < 4.78 is 24.5. The van der Waals surface area contributed by atoms with E-state index in [4.69, 9.17) is 9.15 Å². The van der Waals surface area contributed by atoms with E-state index in [1.807, 2.05) is 43.3 Å². The molecule has 5 heteroatoms. The van der Waals surface area contributed by atoms with Gasteiger partial charge in [0.05, 0.1) is 0 Å². The molecule has 1 atom stereocenters. The minimum atomic E-state index is -0.735. The van der Waals surface area contributed by atoms with Gasteiger partial charge in [-0.05, 0) is 42.7 Å². The topological polar surface area (TPSA) is 48.2 Å². The second kappa shape index (κ2) is 5.65. The standard InChI is InChI=1S/C18H17FN2O2/c1-11(17-20-21-18(23-17)14-8-15(19)9-14)22-16-7-6-12-4-2-3-5-13(12)10-16/h2-7,10-11,14-15H,8-9H2,1H3. The number of alkyl halides is 1. The number of rotatable bonds is 4. The Bertz CT molecular complexity index is 827. The Morgan fingerprint density at radius 2 is 1.91 bits per heavy atom. The lowest BCUT2D eigenvalue weighted by Crippen LogP contribution is -2.22. The van der Waals surface area contributed by atoms with Crippen LogP contribution in [0.1, 0.15) is 43.6 Å². The van der Waals surface area contributed by atoms with Crippen molar-refractivity contribution in [1.29, 1.82) is 0 Å². The smallest absolute Gasteiger partial charge is 0.256 e. The van der Waals surface area contributed by atoms with Gasteiger partial charge in [0, 0.05) is 5.92 Å². The van der Waals surface area contributed by atoms with Crippen molar-refractivity contribution in [3.8, 4) is 5.75 Å². The predicted octanol–water partition coefficient (Wildman–Crippen LogP) is 4.58. The van der Waals surface area contributed by atoms with Crippen LogP contribution in [0.2, 0.25) is 0 Å². The maximum atomic E-state index is 12.9. The van der Waals surface area contributed by atoms with E-state index in [-0.39, 0.29) is 12.0 Å².